The minimum atomic E-state index is -0.461. The average Bonchev–Trinajstić information content (AvgIpc) is 3.33. The van der Waals surface area contributed by atoms with Gasteiger partial charge in [-0.2, -0.15) is 4.98 Å². The summed E-state index contributed by atoms with van der Waals surface area (Å²) in [6, 6.07) is 5.44. The molecule has 26 heavy (non-hydrogen) atoms. The van der Waals surface area contributed by atoms with E-state index in [2.05, 4.69) is 20.3 Å². The number of hydrogen-bond donors (Lipinski definition) is 1. The monoisotopic (exact) mass is 374 g/mol. The van der Waals surface area contributed by atoms with E-state index in [9.17, 15) is 4.79 Å². The summed E-state index contributed by atoms with van der Waals surface area (Å²) in [4.78, 5) is 15.5. The van der Waals surface area contributed by atoms with Crippen LogP contribution in [0.3, 0.4) is 0 Å². The predicted octanol–water partition coefficient (Wildman–Crippen LogP) is 1.14. The van der Waals surface area contributed by atoms with Crippen LogP contribution in [0.15, 0.2) is 27.9 Å². The van der Waals surface area contributed by atoms with Crippen molar-refractivity contribution < 1.29 is 18.8 Å². The number of benzene rings is 1. The molecule has 0 saturated carbocycles. The van der Waals surface area contributed by atoms with Gasteiger partial charge in [-0.1, -0.05) is 16.9 Å². The van der Waals surface area contributed by atoms with Crippen LogP contribution in [-0.2, 0) is 17.1 Å². The molecule has 3 heterocycles. The zero-order chi connectivity index (χ0) is 18.1. The summed E-state index contributed by atoms with van der Waals surface area (Å²) in [7, 11) is 0. The molecule has 1 amide bonds. The molecular weight excluding hydrogens is 360 g/mol. The molecule has 0 aliphatic carbocycles. The Morgan fingerprint density at radius 3 is 3.00 bits per heavy atom. The molecule has 0 saturated heterocycles. The molecule has 4 rings (SSSR count). The van der Waals surface area contributed by atoms with Crippen molar-refractivity contribution in [2.75, 3.05) is 6.79 Å². The normalized spacial score (nSPS) is 12.5. The fraction of sp³-hybridized carbons (Fsp3) is 0.267. The highest BCUT2D eigenvalue weighted by Gasteiger charge is 2.17. The Hall–Kier alpha value is -3.08. The van der Waals surface area contributed by atoms with Crippen LogP contribution in [0.4, 0.5) is 0 Å². The van der Waals surface area contributed by atoms with Gasteiger partial charge in [0.05, 0.1) is 5.75 Å². The Labute approximate surface area is 151 Å². The van der Waals surface area contributed by atoms with Crippen molar-refractivity contribution in [1.29, 1.82) is 0 Å². The number of rotatable bonds is 6. The van der Waals surface area contributed by atoms with E-state index in [1.54, 1.807) is 23.6 Å². The van der Waals surface area contributed by atoms with Crippen LogP contribution in [0.2, 0.25) is 0 Å². The van der Waals surface area contributed by atoms with Crippen LogP contribution in [0.1, 0.15) is 11.7 Å². The summed E-state index contributed by atoms with van der Waals surface area (Å²) in [6.45, 7) is 1.98. The minimum Gasteiger partial charge on any atom is -0.454 e. The predicted molar refractivity (Wildman–Crippen MR) is 89.4 cm³/mol. The molecular formula is C15H14N6O4S. The summed E-state index contributed by atoms with van der Waals surface area (Å²) in [6.07, 6.45) is 0. The van der Waals surface area contributed by atoms with Crippen LogP contribution in [0, 0.1) is 6.92 Å². The van der Waals surface area contributed by atoms with E-state index in [0.717, 1.165) is 5.56 Å². The average molecular weight is 374 g/mol. The number of ether oxygens (including phenoxy) is 2. The first-order valence-corrected chi connectivity index (χ1v) is 8.62. The fourth-order valence-corrected chi connectivity index (χ4v) is 3.22. The molecule has 0 radical (unpaired) electrons. The third-order valence-corrected chi connectivity index (χ3v) is 4.59. The number of carbonyl (C=O) groups is 1. The molecule has 0 spiro atoms. The summed E-state index contributed by atoms with van der Waals surface area (Å²) in [5, 5.41) is 12.5. The molecule has 0 fully saturated rings. The van der Waals surface area contributed by atoms with E-state index in [4.69, 9.17) is 19.7 Å². The Bertz CT molecular complexity index is 969. The largest absolute Gasteiger partial charge is 0.454 e. The molecule has 134 valence electrons. The van der Waals surface area contributed by atoms with Gasteiger partial charge < -0.3 is 19.7 Å². The summed E-state index contributed by atoms with van der Waals surface area (Å²) >= 11 is 1.33. The molecule has 2 aromatic heterocycles. The number of nitrogens with zero attached hydrogens (tertiary/aromatic N) is 5. The van der Waals surface area contributed by atoms with Gasteiger partial charge in [-0.05, 0) is 25.1 Å². The van der Waals surface area contributed by atoms with Crippen molar-refractivity contribution in [3.63, 3.8) is 0 Å². The highest BCUT2D eigenvalue weighted by atomic mass is 32.2. The van der Waals surface area contributed by atoms with Crippen molar-refractivity contribution in [3.8, 4) is 22.9 Å². The maximum absolute atomic E-state index is 11.2. The smallest absolute Gasteiger partial charge is 0.237 e. The van der Waals surface area contributed by atoms with Gasteiger partial charge in [0.25, 0.3) is 0 Å². The van der Waals surface area contributed by atoms with Gasteiger partial charge in [0.1, 0.15) is 12.4 Å². The van der Waals surface area contributed by atoms with Gasteiger partial charge in [-0.3, -0.25) is 9.36 Å². The van der Waals surface area contributed by atoms with Gasteiger partial charge in [0, 0.05) is 5.56 Å². The fourth-order valence-electron chi connectivity index (χ4n) is 2.40. The van der Waals surface area contributed by atoms with Gasteiger partial charge in [-0.25, -0.2) is 0 Å². The number of carbonyl (C=O) groups excluding carboxylic acids is 1. The second-order valence-corrected chi connectivity index (χ2v) is 6.39. The molecule has 0 atom stereocenters. The summed E-state index contributed by atoms with van der Waals surface area (Å²) in [5.41, 5.74) is 6.02. The highest BCUT2D eigenvalue weighted by molar-refractivity contribution is 7.98. The number of aryl methyl sites for hydroxylation is 1. The van der Waals surface area contributed by atoms with E-state index in [1.165, 1.54) is 11.8 Å². The molecule has 11 heteroatoms. The van der Waals surface area contributed by atoms with Crippen LogP contribution in [0.25, 0.3) is 11.4 Å². The molecule has 0 unspecified atom stereocenters. The quantitative estimate of drug-likeness (QED) is 0.631. The SMILES string of the molecule is Cc1nnc(SCc2nc(-c3ccc4c(c3)OCO4)no2)n1CC(N)=O. The van der Waals surface area contributed by atoms with E-state index in [0.29, 0.717) is 39.9 Å². The van der Waals surface area contributed by atoms with Crippen molar-refractivity contribution in [3.05, 3.63) is 29.9 Å². The lowest BCUT2D eigenvalue weighted by molar-refractivity contribution is -0.118. The van der Waals surface area contributed by atoms with Gasteiger partial charge in [-0.15, -0.1) is 10.2 Å². The van der Waals surface area contributed by atoms with E-state index < -0.39 is 5.91 Å². The third-order valence-electron chi connectivity index (χ3n) is 3.64. The number of hydrogen-bond acceptors (Lipinski definition) is 9. The Balaban J connectivity index is 1.47. The molecule has 10 nitrogen and oxygen atoms in total. The number of nitrogens with two attached hydrogens (primary N) is 1. The molecule has 0 bridgehead atoms. The van der Waals surface area contributed by atoms with Crippen LogP contribution >= 0.6 is 11.8 Å². The lowest BCUT2D eigenvalue weighted by atomic mass is 10.2. The first kappa shape index (κ1) is 16.4. The molecule has 3 aromatic rings. The van der Waals surface area contributed by atoms with Gasteiger partial charge in [0.15, 0.2) is 16.7 Å². The van der Waals surface area contributed by atoms with E-state index in [-0.39, 0.29) is 13.3 Å². The van der Waals surface area contributed by atoms with Crippen molar-refractivity contribution >= 4 is 17.7 Å². The molecule has 1 aromatic carbocycles. The molecule has 1 aliphatic heterocycles. The first-order chi connectivity index (χ1) is 12.6. The zero-order valence-electron chi connectivity index (χ0n) is 13.7. The summed E-state index contributed by atoms with van der Waals surface area (Å²) in [5.74, 6) is 2.75. The van der Waals surface area contributed by atoms with E-state index in [1.807, 2.05) is 6.07 Å². The number of amides is 1. The van der Waals surface area contributed by atoms with Crippen molar-refractivity contribution in [1.82, 2.24) is 24.9 Å². The lowest BCUT2D eigenvalue weighted by Crippen LogP contribution is -2.20. The standard InChI is InChI=1S/C15H14N6O4S/c1-8-18-19-15(21(8)5-12(16)22)26-6-13-17-14(20-25-13)9-2-3-10-11(4-9)24-7-23-10/h2-4H,5-7H2,1H3,(H2,16,22). The van der Waals surface area contributed by atoms with Crippen LogP contribution < -0.4 is 15.2 Å². The lowest BCUT2D eigenvalue weighted by Gasteiger charge is -2.04. The third kappa shape index (κ3) is 3.20. The Morgan fingerprint density at radius 2 is 2.15 bits per heavy atom. The van der Waals surface area contributed by atoms with Gasteiger partial charge in [0.2, 0.25) is 24.4 Å². The molecule has 2 N–H and O–H groups in total. The Morgan fingerprint density at radius 1 is 1.31 bits per heavy atom. The second-order valence-electron chi connectivity index (χ2n) is 5.45. The van der Waals surface area contributed by atoms with Crippen LogP contribution in [0.5, 0.6) is 11.5 Å². The number of aromatic nitrogens is 5. The maximum atomic E-state index is 11.2. The first-order valence-electron chi connectivity index (χ1n) is 7.63. The zero-order valence-corrected chi connectivity index (χ0v) is 14.5. The van der Waals surface area contributed by atoms with Gasteiger partial charge >= 0.3 is 0 Å². The maximum Gasteiger partial charge on any atom is 0.237 e. The highest BCUT2D eigenvalue weighted by Crippen LogP contribution is 2.35. The number of thioether (sulfide) groups is 1. The van der Waals surface area contributed by atoms with Crippen molar-refractivity contribution in [2.45, 2.75) is 24.4 Å². The van der Waals surface area contributed by atoms with Crippen molar-refractivity contribution in [2.24, 2.45) is 5.73 Å². The number of primary amides is 1. The molecule has 1 aliphatic rings. The second kappa shape index (κ2) is 6.67. The van der Waals surface area contributed by atoms with E-state index >= 15 is 0 Å². The Kier molecular flexibility index (Phi) is 4.21. The topological polar surface area (TPSA) is 131 Å². The number of fused-ring (bicyclic) bond motifs is 1. The summed E-state index contributed by atoms with van der Waals surface area (Å²) < 4.78 is 17.6. The minimum absolute atomic E-state index is 0.0213. The van der Waals surface area contributed by atoms with Crippen LogP contribution in [-0.4, -0.2) is 37.6 Å².